The van der Waals surface area contributed by atoms with Crippen LogP contribution >= 0.6 is 15.9 Å². The van der Waals surface area contributed by atoms with Gasteiger partial charge in [0.2, 0.25) is 0 Å². The lowest BCUT2D eigenvalue weighted by Crippen LogP contribution is -2.08. The van der Waals surface area contributed by atoms with Gasteiger partial charge in [-0.2, -0.15) is 0 Å². The molecule has 0 spiro atoms. The van der Waals surface area contributed by atoms with Gasteiger partial charge < -0.3 is 9.47 Å². The van der Waals surface area contributed by atoms with Gasteiger partial charge in [0, 0.05) is 4.47 Å². The average Bonchev–Trinajstić information content (AvgIpc) is 3.03. The molecule has 0 amide bonds. The number of methoxy groups -OCH3 is 1. The van der Waals surface area contributed by atoms with Gasteiger partial charge in [-0.1, -0.05) is 40.0 Å². The normalized spacial score (nSPS) is 16.2. The molecule has 1 aliphatic rings. The van der Waals surface area contributed by atoms with Crippen molar-refractivity contribution in [3.05, 3.63) is 63.6 Å². The highest BCUT2D eigenvalue weighted by Gasteiger charge is 2.24. The lowest BCUT2D eigenvalue weighted by Gasteiger charge is -2.16. The van der Waals surface area contributed by atoms with Gasteiger partial charge in [-0.15, -0.1) is 5.92 Å². The first-order chi connectivity index (χ1) is 12.6. The van der Waals surface area contributed by atoms with Crippen molar-refractivity contribution in [2.45, 2.75) is 38.2 Å². The third kappa shape index (κ3) is 4.28. The van der Waals surface area contributed by atoms with Gasteiger partial charge in [0.05, 0.1) is 19.4 Å². The van der Waals surface area contributed by atoms with Crippen LogP contribution in [0.5, 0.6) is 5.75 Å². The summed E-state index contributed by atoms with van der Waals surface area (Å²) in [5, 5.41) is 0. The van der Waals surface area contributed by atoms with E-state index in [-0.39, 0.29) is 24.4 Å². The fourth-order valence-electron chi connectivity index (χ4n) is 3.29. The minimum absolute atomic E-state index is 0.0882. The summed E-state index contributed by atoms with van der Waals surface area (Å²) < 4.78 is 12.1. The zero-order valence-corrected chi connectivity index (χ0v) is 16.5. The summed E-state index contributed by atoms with van der Waals surface area (Å²) in [5.74, 6) is 6.38. The van der Waals surface area contributed by atoms with Crippen molar-refractivity contribution in [3.8, 4) is 17.6 Å². The standard InChI is InChI=1S/C22H21BrO3/c1-3-4-16(14-22(24)25-2)15-5-9-19(10-6-15)26-21-12-7-17-13-18(23)8-11-20(17)21/h5-6,8-11,13,16,21H,7,12,14H2,1-2H3/t16-,21?/m0/s1. The van der Waals surface area contributed by atoms with E-state index >= 15 is 0 Å². The highest BCUT2D eigenvalue weighted by atomic mass is 79.9. The molecule has 134 valence electrons. The molecule has 0 radical (unpaired) electrons. The van der Waals surface area contributed by atoms with Crippen molar-refractivity contribution in [1.29, 1.82) is 0 Å². The maximum Gasteiger partial charge on any atom is 0.307 e. The van der Waals surface area contributed by atoms with Crippen LogP contribution in [-0.2, 0) is 16.0 Å². The molecule has 3 nitrogen and oxygen atoms in total. The average molecular weight is 413 g/mol. The van der Waals surface area contributed by atoms with Gasteiger partial charge in [0.15, 0.2) is 0 Å². The predicted octanol–water partition coefficient (Wildman–Crippen LogP) is 5.19. The van der Waals surface area contributed by atoms with Crippen LogP contribution < -0.4 is 4.74 Å². The van der Waals surface area contributed by atoms with Crippen molar-refractivity contribution >= 4 is 21.9 Å². The molecular weight excluding hydrogens is 392 g/mol. The smallest absolute Gasteiger partial charge is 0.307 e. The number of rotatable bonds is 5. The molecule has 0 fully saturated rings. The van der Waals surface area contributed by atoms with Gasteiger partial charge >= 0.3 is 5.97 Å². The summed E-state index contributed by atoms with van der Waals surface area (Å²) in [4.78, 5) is 11.6. The van der Waals surface area contributed by atoms with Crippen LogP contribution in [0.4, 0.5) is 0 Å². The number of hydrogen-bond donors (Lipinski definition) is 0. The first-order valence-electron chi connectivity index (χ1n) is 8.64. The summed E-state index contributed by atoms with van der Waals surface area (Å²) in [5.41, 5.74) is 3.60. The fourth-order valence-corrected chi connectivity index (χ4v) is 3.70. The zero-order chi connectivity index (χ0) is 18.5. The van der Waals surface area contributed by atoms with Crippen molar-refractivity contribution in [3.63, 3.8) is 0 Å². The highest BCUT2D eigenvalue weighted by Crippen LogP contribution is 2.36. The summed E-state index contributed by atoms with van der Waals surface area (Å²) in [6.45, 7) is 1.78. The molecule has 2 aromatic rings. The molecule has 0 saturated heterocycles. The van der Waals surface area contributed by atoms with E-state index in [9.17, 15) is 4.79 Å². The molecule has 2 atom stereocenters. The Hall–Kier alpha value is -2.25. The minimum atomic E-state index is -0.258. The van der Waals surface area contributed by atoms with Crippen LogP contribution in [0.25, 0.3) is 0 Å². The van der Waals surface area contributed by atoms with Gasteiger partial charge in [-0.3, -0.25) is 4.79 Å². The largest absolute Gasteiger partial charge is 0.486 e. The van der Waals surface area contributed by atoms with E-state index in [1.165, 1.54) is 18.2 Å². The van der Waals surface area contributed by atoms with E-state index in [0.717, 1.165) is 28.6 Å². The van der Waals surface area contributed by atoms with Crippen LogP contribution in [0.2, 0.25) is 0 Å². The second-order valence-corrected chi connectivity index (χ2v) is 7.20. The van der Waals surface area contributed by atoms with E-state index < -0.39 is 0 Å². The molecule has 2 aromatic carbocycles. The topological polar surface area (TPSA) is 35.5 Å². The predicted molar refractivity (Wildman–Crippen MR) is 105 cm³/mol. The monoisotopic (exact) mass is 412 g/mol. The molecule has 0 bridgehead atoms. The lowest BCUT2D eigenvalue weighted by atomic mass is 9.96. The van der Waals surface area contributed by atoms with Crippen LogP contribution in [0.3, 0.4) is 0 Å². The molecule has 4 heteroatoms. The second kappa shape index (κ2) is 8.42. The summed E-state index contributed by atoms with van der Waals surface area (Å²) in [7, 11) is 1.40. The zero-order valence-electron chi connectivity index (χ0n) is 14.9. The SMILES string of the molecule is CC#C[C@@H](CC(=O)OC)c1ccc(OC2CCc3cc(Br)ccc32)cc1. The van der Waals surface area contributed by atoms with Crippen LogP contribution in [0.15, 0.2) is 46.9 Å². The third-order valence-corrected chi connectivity index (χ3v) is 5.10. The molecule has 1 unspecified atom stereocenters. The fraction of sp³-hybridized carbons (Fsp3) is 0.318. The molecule has 0 N–H and O–H groups in total. The number of esters is 1. The van der Waals surface area contributed by atoms with E-state index in [1.54, 1.807) is 6.92 Å². The van der Waals surface area contributed by atoms with Crippen LogP contribution in [0.1, 0.15) is 48.5 Å². The number of hydrogen-bond acceptors (Lipinski definition) is 3. The Balaban J connectivity index is 1.72. The molecular formula is C22H21BrO3. The van der Waals surface area contributed by atoms with Crippen molar-refractivity contribution in [2.75, 3.05) is 7.11 Å². The Morgan fingerprint density at radius 2 is 2.04 bits per heavy atom. The summed E-state index contributed by atoms with van der Waals surface area (Å²) >= 11 is 3.52. The van der Waals surface area contributed by atoms with Crippen molar-refractivity contribution < 1.29 is 14.3 Å². The Morgan fingerprint density at radius 1 is 1.27 bits per heavy atom. The van der Waals surface area contributed by atoms with E-state index in [4.69, 9.17) is 9.47 Å². The van der Waals surface area contributed by atoms with Gasteiger partial charge in [0.25, 0.3) is 0 Å². The van der Waals surface area contributed by atoms with Gasteiger partial charge in [0.1, 0.15) is 11.9 Å². The quantitative estimate of drug-likeness (QED) is 0.500. The summed E-state index contributed by atoms with van der Waals surface area (Å²) in [6, 6.07) is 14.2. The Morgan fingerprint density at radius 3 is 2.73 bits per heavy atom. The number of benzene rings is 2. The Bertz CT molecular complexity index is 846. The van der Waals surface area contributed by atoms with E-state index in [0.29, 0.717) is 0 Å². The number of carbonyl (C=O) groups excluding carboxylic acids is 1. The van der Waals surface area contributed by atoms with Gasteiger partial charge in [-0.25, -0.2) is 0 Å². The Labute approximate surface area is 162 Å². The number of halogens is 1. The second-order valence-electron chi connectivity index (χ2n) is 6.28. The number of ether oxygens (including phenoxy) is 2. The lowest BCUT2D eigenvalue weighted by molar-refractivity contribution is -0.140. The maximum atomic E-state index is 11.6. The molecule has 0 aliphatic heterocycles. The van der Waals surface area contributed by atoms with Gasteiger partial charge in [-0.05, 0) is 60.7 Å². The highest BCUT2D eigenvalue weighted by molar-refractivity contribution is 9.10. The van der Waals surface area contributed by atoms with Crippen molar-refractivity contribution in [2.24, 2.45) is 0 Å². The first-order valence-corrected chi connectivity index (χ1v) is 9.44. The number of aryl methyl sites for hydroxylation is 1. The minimum Gasteiger partial charge on any atom is -0.486 e. The van der Waals surface area contributed by atoms with E-state index in [2.05, 4.69) is 46.0 Å². The molecule has 0 heterocycles. The molecule has 0 saturated carbocycles. The van der Waals surface area contributed by atoms with E-state index in [1.807, 2.05) is 24.3 Å². The maximum absolute atomic E-state index is 11.6. The third-order valence-electron chi connectivity index (χ3n) is 4.61. The van der Waals surface area contributed by atoms with Crippen LogP contribution in [0, 0.1) is 11.8 Å². The molecule has 1 aliphatic carbocycles. The first kappa shape index (κ1) is 18.5. The number of carbonyl (C=O) groups is 1. The number of fused-ring (bicyclic) bond motifs is 1. The Kier molecular flexibility index (Phi) is 6.00. The van der Waals surface area contributed by atoms with Crippen LogP contribution in [-0.4, -0.2) is 13.1 Å². The molecule has 3 rings (SSSR count). The molecule has 0 aromatic heterocycles. The molecule has 26 heavy (non-hydrogen) atoms. The summed E-state index contributed by atoms with van der Waals surface area (Å²) in [6.07, 6.45) is 2.36. The van der Waals surface area contributed by atoms with Crippen molar-refractivity contribution in [1.82, 2.24) is 0 Å².